The summed E-state index contributed by atoms with van der Waals surface area (Å²) >= 11 is 0. The Morgan fingerprint density at radius 1 is 0.594 bits per heavy atom. The van der Waals surface area contributed by atoms with E-state index in [9.17, 15) is 0 Å². The molecule has 0 amide bonds. The minimum Gasteiger partial charge on any atom is -0.423 e. The highest BCUT2D eigenvalue weighted by Gasteiger charge is 2.65. The van der Waals surface area contributed by atoms with Crippen molar-refractivity contribution in [3.05, 3.63) is 121 Å². The molecule has 1 atom stereocenters. The molecule has 1 heterocycles. The van der Waals surface area contributed by atoms with Gasteiger partial charge >= 0.3 is 0 Å². The van der Waals surface area contributed by atoms with Crippen LogP contribution in [-0.2, 0) is 4.43 Å². The van der Waals surface area contributed by atoms with Crippen LogP contribution in [0, 0.1) is 0 Å². The smallest absolute Gasteiger partial charge is 0.173 e. The van der Waals surface area contributed by atoms with E-state index in [1.54, 1.807) is 20.7 Å². The zero-order chi connectivity index (χ0) is 21.9. The van der Waals surface area contributed by atoms with Gasteiger partial charge in [-0.1, -0.05) is 149 Å². The predicted octanol–water partition coefficient (Wildman–Crippen LogP) is 3.44. The summed E-state index contributed by atoms with van der Waals surface area (Å²) in [6.07, 6.45) is 0. The molecule has 4 aromatic rings. The Kier molecular flexibility index (Phi) is 6.11. The zero-order valence-corrected chi connectivity index (χ0v) is 21.8. The Morgan fingerprint density at radius 2 is 0.969 bits per heavy atom. The molecule has 0 spiro atoms. The molecule has 160 valence electrons. The average Bonchev–Trinajstić information content (AvgIpc) is 2.90. The van der Waals surface area contributed by atoms with Crippen molar-refractivity contribution in [2.45, 2.75) is 19.0 Å². The van der Waals surface area contributed by atoms with Crippen LogP contribution in [0.4, 0.5) is 0 Å². The summed E-state index contributed by atoms with van der Waals surface area (Å²) in [6, 6.07) is 48.4. The van der Waals surface area contributed by atoms with E-state index in [4.69, 9.17) is 4.43 Å². The van der Waals surface area contributed by atoms with Crippen molar-refractivity contribution in [3.8, 4) is 0 Å². The molecule has 1 fully saturated rings. The van der Waals surface area contributed by atoms with E-state index in [0.717, 1.165) is 12.7 Å². The number of benzene rings is 4. The first kappa shape index (κ1) is 21.3. The Labute approximate surface area is 195 Å². The highest BCUT2D eigenvalue weighted by atomic mass is 29.6. The molecular weight excluding hydrogens is 437 g/mol. The van der Waals surface area contributed by atoms with Gasteiger partial charge in [-0.2, -0.15) is 0 Å². The van der Waals surface area contributed by atoms with E-state index >= 15 is 0 Å². The molecule has 1 aliphatic heterocycles. The Hall–Kier alpha value is -2.51. The maximum Gasteiger partial charge on any atom is 0.173 e. The van der Waals surface area contributed by atoms with Crippen molar-refractivity contribution in [1.82, 2.24) is 0 Å². The molecule has 0 radical (unpaired) electrons. The summed E-state index contributed by atoms with van der Waals surface area (Å²) < 4.78 is 6.89. The van der Waals surface area contributed by atoms with Gasteiger partial charge in [-0.3, -0.25) is 0 Å². The van der Waals surface area contributed by atoms with Crippen LogP contribution < -0.4 is 20.7 Å². The first-order valence-electron chi connectivity index (χ1n) is 11.7. The molecule has 4 aromatic carbocycles. The second-order valence-electron chi connectivity index (χ2n) is 8.70. The first-order valence-corrected chi connectivity index (χ1v) is 20.0. The molecular formula is C28H30OSi3. The molecule has 1 unspecified atom stereocenters. The van der Waals surface area contributed by atoms with Crippen molar-refractivity contribution in [2.24, 2.45) is 0 Å². The minimum atomic E-state index is -2.27. The van der Waals surface area contributed by atoms with Crippen molar-refractivity contribution in [2.75, 3.05) is 6.61 Å². The topological polar surface area (TPSA) is 9.23 Å². The highest BCUT2D eigenvalue weighted by molar-refractivity contribution is 7.77. The predicted molar refractivity (Wildman–Crippen MR) is 144 cm³/mol. The van der Waals surface area contributed by atoms with Gasteiger partial charge in [-0.15, -0.1) is 0 Å². The fourth-order valence-electron chi connectivity index (χ4n) is 6.16. The summed E-state index contributed by atoms with van der Waals surface area (Å²) in [4.78, 5) is 0. The van der Waals surface area contributed by atoms with E-state index in [1.165, 1.54) is 6.04 Å². The third kappa shape index (κ3) is 3.21. The molecule has 0 saturated carbocycles. The van der Waals surface area contributed by atoms with Crippen molar-refractivity contribution >= 4 is 44.0 Å². The number of hydrogen-bond acceptors (Lipinski definition) is 1. The maximum atomic E-state index is 6.89. The summed E-state index contributed by atoms with van der Waals surface area (Å²) in [5, 5.41) is 6.31. The van der Waals surface area contributed by atoms with Crippen LogP contribution in [-0.4, -0.2) is 29.9 Å². The SMILES string of the molecule is CC[SiH]1OCC[Si](c2ccccc2)(c2ccccc2)[Si]1(c1ccccc1)c1ccccc1. The lowest BCUT2D eigenvalue weighted by atomic mass is 10.4. The lowest BCUT2D eigenvalue weighted by molar-refractivity contribution is 0.349. The third-order valence-corrected chi connectivity index (χ3v) is 39.3. The van der Waals surface area contributed by atoms with Crippen LogP contribution in [0.25, 0.3) is 0 Å². The van der Waals surface area contributed by atoms with Gasteiger partial charge in [0.25, 0.3) is 0 Å². The Morgan fingerprint density at radius 3 is 1.34 bits per heavy atom. The normalized spacial score (nSPS) is 19.3. The van der Waals surface area contributed by atoms with E-state index in [1.807, 2.05) is 0 Å². The second-order valence-corrected chi connectivity index (χ2v) is 28.2. The number of rotatable bonds is 5. The molecule has 0 aliphatic carbocycles. The van der Waals surface area contributed by atoms with Gasteiger partial charge in [0.1, 0.15) is 14.7 Å². The van der Waals surface area contributed by atoms with Gasteiger partial charge in [-0.25, -0.2) is 0 Å². The summed E-state index contributed by atoms with van der Waals surface area (Å²) in [5.74, 6) is 0. The summed E-state index contributed by atoms with van der Waals surface area (Å²) in [7, 11) is -6.05. The van der Waals surface area contributed by atoms with Crippen LogP contribution in [0.2, 0.25) is 12.1 Å². The van der Waals surface area contributed by atoms with Gasteiger partial charge in [0, 0.05) is 6.61 Å². The van der Waals surface area contributed by atoms with Crippen LogP contribution in [0.5, 0.6) is 0 Å². The molecule has 1 nitrogen and oxygen atoms in total. The van der Waals surface area contributed by atoms with Crippen molar-refractivity contribution in [1.29, 1.82) is 0 Å². The fourth-order valence-corrected chi connectivity index (χ4v) is 45.1. The largest absolute Gasteiger partial charge is 0.423 e. The van der Waals surface area contributed by atoms with Crippen molar-refractivity contribution < 1.29 is 4.43 Å². The quantitative estimate of drug-likeness (QED) is 0.410. The Balaban J connectivity index is 1.97. The molecule has 1 aliphatic rings. The Bertz CT molecular complexity index is 1060. The van der Waals surface area contributed by atoms with Gasteiger partial charge in [-0.05, 0) is 12.1 Å². The van der Waals surface area contributed by atoms with Crippen LogP contribution in [0.3, 0.4) is 0 Å². The van der Waals surface area contributed by atoms with Crippen LogP contribution >= 0.6 is 0 Å². The highest BCUT2D eigenvalue weighted by Crippen LogP contribution is 2.32. The number of hydrogen-bond donors (Lipinski definition) is 0. The first-order chi connectivity index (χ1) is 15.8. The molecule has 4 heteroatoms. The molecule has 1 saturated heterocycles. The zero-order valence-electron chi connectivity index (χ0n) is 18.7. The van der Waals surface area contributed by atoms with E-state index in [2.05, 4.69) is 128 Å². The van der Waals surface area contributed by atoms with Crippen LogP contribution in [0.15, 0.2) is 121 Å². The lowest BCUT2D eigenvalue weighted by Crippen LogP contribution is -2.93. The standard InChI is InChI=1S/C28H30OSi3/c1-2-30-29-23-24-31(25-15-7-3-8-16-25,26-17-9-4-10-18-26)32(30,27-19-11-5-12-20-27)28-21-13-6-14-22-28/h3-22,30H,2,23-24H2,1H3. The van der Waals surface area contributed by atoms with E-state index in [0.29, 0.717) is 0 Å². The van der Waals surface area contributed by atoms with Gasteiger partial charge in [0.05, 0.1) is 0 Å². The van der Waals surface area contributed by atoms with Crippen molar-refractivity contribution in [3.63, 3.8) is 0 Å². The lowest BCUT2D eigenvalue weighted by Gasteiger charge is -2.55. The van der Waals surface area contributed by atoms with Gasteiger partial charge in [0.15, 0.2) is 8.56 Å². The molecule has 0 aromatic heterocycles. The summed E-state index contributed by atoms with van der Waals surface area (Å²) in [6.45, 7) is 3.28. The summed E-state index contributed by atoms with van der Waals surface area (Å²) in [5.41, 5.74) is 0. The molecule has 5 rings (SSSR count). The fraction of sp³-hybridized carbons (Fsp3) is 0.143. The maximum absolute atomic E-state index is 6.89. The molecule has 32 heavy (non-hydrogen) atoms. The van der Waals surface area contributed by atoms with Gasteiger partial charge in [0.2, 0.25) is 0 Å². The molecule has 0 N–H and O–H groups in total. The monoisotopic (exact) mass is 466 g/mol. The van der Waals surface area contributed by atoms with Gasteiger partial charge < -0.3 is 4.43 Å². The van der Waals surface area contributed by atoms with E-state index < -0.39 is 23.3 Å². The average molecular weight is 467 g/mol. The van der Waals surface area contributed by atoms with Crippen LogP contribution in [0.1, 0.15) is 6.92 Å². The minimum absolute atomic E-state index is 0.898. The third-order valence-electron chi connectivity index (χ3n) is 7.31. The second kappa shape index (κ2) is 9.16. The molecule has 0 bridgehead atoms. The van der Waals surface area contributed by atoms with E-state index in [-0.39, 0.29) is 0 Å².